The molecular weight excluding hydrogens is 864 g/mol. The number of thiophene rings is 1. The summed E-state index contributed by atoms with van der Waals surface area (Å²) in [5.74, 6) is 0. The lowest BCUT2D eigenvalue weighted by molar-refractivity contribution is 0.590. The lowest BCUT2D eigenvalue weighted by atomic mass is 9.33. The predicted molar refractivity (Wildman–Crippen MR) is 305 cm³/mol. The Morgan fingerprint density at radius 1 is 0.443 bits per heavy atom. The van der Waals surface area contributed by atoms with Crippen LogP contribution in [-0.4, -0.2) is 6.71 Å². The van der Waals surface area contributed by atoms with Gasteiger partial charge in [0.2, 0.25) is 0 Å². The maximum atomic E-state index is 2.62. The molecule has 0 radical (unpaired) electrons. The zero-order valence-electron chi connectivity index (χ0n) is 43.0. The van der Waals surface area contributed by atoms with Crippen molar-refractivity contribution in [1.82, 2.24) is 0 Å². The quantitative estimate of drug-likeness (QED) is 0.162. The van der Waals surface area contributed by atoms with Gasteiger partial charge in [0.1, 0.15) is 0 Å². The van der Waals surface area contributed by atoms with Gasteiger partial charge in [-0.2, -0.15) is 0 Å². The van der Waals surface area contributed by atoms with Gasteiger partial charge in [0.05, 0.1) is 0 Å². The first-order valence-corrected chi connectivity index (χ1v) is 26.1. The molecule has 0 amide bonds. The lowest BCUT2D eigenvalue weighted by Crippen LogP contribution is -2.61. The van der Waals surface area contributed by atoms with Gasteiger partial charge >= 0.3 is 0 Å². The number of hydrogen-bond donors (Lipinski definition) is 0. The Labute approximate surface area is 420 Å². The average molecular weight is 927 g/mol. The molecule has 0 bridgehead atoms. The first kappa shape index (κ1) is 44.6. The highest BCUT2D eigenvalue weighted by Gasteiger charge is 2.45. The van der Waals surface area contributed by atoms with Crippen molar-refractivity contribution in [2.45, 2.75) is 105 Å². The molecule has 0 fully saturated rings. The highest BCUT2D eigenvalue weighted by Crippen LogP contribution is 2.51. The molecule has 346 valence electrons. The van der Waals surface area contributed by atoms with E-state index < -0.39 is 0 Å². The molecule has 2 nitrogen and oxygen atoms in total. The van der Waals surface area contributed by atoms with E-state index in [2.05, 4.69) is 256 Å². The number of benzene rings is 8. The summed E-state index contributed by atoms with van der Waals surface area (Å²) in [6.45, 7) is 28.1. The predicted octanol–water partition coefficient (Wildman–Crippen LogP) is 16.8. The third kappa shape index (κ3) is 6.96. The first-order valence-electron chi connectivity index (χ1n) is 25.3. The van der Waals surface area contributed by atoms with Gasteiger partial charge in [-0.3, -0.25) is 0 Å². The molecule has 3 aliphatic rings. The minimum atomic E-state index is -0.112. The molecule has 12 rings (SSSR count). The van der Waals surface area contributed by atoms with Gasteiger partial charge in [-0.05, 0) is 184 Å². The molecule has 0 spiro atoms. The number of aryl methyl sites for hydroxylation is 1. The molecule has 2 aliphatic heterocycles. The highest BCUT2D eigenvalue weighted by molar-refractivity contribution is 7.17. The number of nitrogens with zero attached hydrogens (tertiary/aromatic N) is 2. The third-order valence-corrected chi connectivity index (χ3v) is 16.7. The van der Waals surface area contributed by atoms with Crippen LogP contribution in [0.3, 0.4) is 0 Å². The minimum absolute atomic E-state index is 0.0179. The second-order valence-electron chi connectivity index (χ2n) is 24.0. The van der Waals surface area contributed by atoms with Crippen LogP contribution in [-0.2, 0) is 21.7 Å². The van der Waals surface area contributed by atoms with Crippen LogP contribution in [0.1, 0.15) is 110 Å². The summed E-state index contributed by atoms with van der Waals surface area (Å²) < 4.78 is 1.30. The summed E-state index contributed by atoms with van der Waals surface area (Å²) in [5, 5.41) is 3.53. The number of rotatable bonds is 4. The highest BCUT2D eigenvalue weighted by atomic mass is 32.1. The average Bonchev–Trinajstić information content (AvgIpc) is 3.90. The summed E-state index contributed by atoms with van der Waals surface area (Å²) in [7, 11) is 0. The Kier molecular flexibility index (Phi) is 9.83. The number of hydrogen-bond acceptors (Lipinski definition) is 3. The second kappa shape index (κ2) is 15.4. The molecule has 0 atom stereocenters. The van der Waals surface area contributed by atoms with Crippen molar-refractivity contribution in [2.24, 2.45) is 0 Å². The SMILES string of the molecule is Cc1cc2c3c(c1)N(c1cc(-c4ccc5c(c4)C(C)(C)c4ccccc4-5)cc(-c4cccc5sccc45)c1)c1ccc(C(C)(C)C)cc1B3c1cc(C(C)(C)C)ccc1N2c1ccc(C(C)(C)C)cc1. The van der Waals surface area contributed by atoms with Gasteiger partial charge < -0.3 is 9.80 Å². The fraction of sp³-hybridized carbons (Fsp3) is 0.242. The topological polar surface area (TPSA) is 6.48 Å². The van der Waals surface area contributed by atoms with E-state index in [1.165, 1.54) is 122 Å². The van der Waals surface area contributed by atoms with E-state index in [1.54, 1.807) is 0 Å². The molecule has 0 N–H and O–H groups in total. The standard InChI is InChI=1S/C66H63BN2S/c1-40-32-59-62-60(33-40)69(48-35-42(34-43(36-48)49-17-15-19-61-52(49)30-31-70-61)41-20-27-51-50-16-13-14-18-53(50)66(11,12)54(51)37-41)58-29-24-46(65(8,9)10)39-56(58)67(62)55-38-45(64(5,6)7)23-28-57(55)68(59)47-25-21-44(22-26-47)63(2,3)4/h13-39H,1-12H3. The van der Waals surface area contributed by atoms with Crippen LogP contribution in [0, 0.1) is 6.92 Å². The maximum Gasteiger partial charge on any atom is 0.252 e. The van der Waals surface area contributed by atoms with E-state index in [0.717, 1.165) is 5.69 Å². The molecule has 1 aliphatic carbocycles. The van der Waals surface area contributed by atoms with Gasteiger partial charge in [-0.1, -0.05) is 161 Å². The Hall–Kier alpha value is -6.62. The summed E-state index contributed by atoms with van der Waals surface area (Å²) in [5.41, 5.74) is 26.9. The zero-order valence-corrected chi connectivity index (χ0v) is 43.8. The molecule has 4 heteroatoms. The van der Waals surface area contributed by atoms with Crippen LogP contribution >= 0.6 is 11.3 Å². The van der Waals surface area contributed by atoms with Crippen LogP contribution < -0.4 is 26.2 Å². The Balaban J connectivity index is 1.15. The minimum Gasteiger partial charge on any atom is -0.311 e. The molecule has 0 unspecified atom stereocenters. The van der Waals surface area contributed by atoms with Gasteiger partial charge in [0.25, 0.3) is 6.71 Å². The van der Waals surface area contributed by atoms with E-state index in [4.69, 9.17) is 0 Å². The van der Waals surface area contributed by atoms with E-state index in [-0.39, 0.29) is 28.4 Å². The molecule has 0 saturated carbocycles. The summed E-state index contributed by atoms with van der Waals surface area (Å²) in [4.78, 5) is 5.19. The molecule has 70 heavy (non-hydrogen) atoms. The Bertz CT molecular complexity index is 3610. The van der Waals surface area contributed by atoms with Crippen LogP contribution in [0.5, 0.6) is 0 Å². The number of anilines is 6. The van der Waals surface area contributed by atoms with Crippen LogP contribution in [0.2, 0.25) is 0 Å². The van der Waals surface area contributed by atoms with Crippen LogP contribution in [0.15, 0.2) is 163 Å². The second-order valence-corrected chi connectivity index (χ2v) is 24.9. The zero-order chi connectivity index (χ0) is 48.8. The van der Waals surface area contributed by atoms with E-state index in [9.17, 15) is 0 Å². The lowest BCUT2D eigenvalue weighted by Gasteiger charge is -2.45. The maximum absolute atomic E-state index is 2.62. The van der Waals surface area contributed by atoms with Gasteiger partial charge in [-0.15, -0.1) is 11.3 Å². The van der Waals surface area contributed by atoms with E-state index >= 15 is 0 Å². The summed E-state index contributed by atoms with van der Waals surface area (Å²) in [6, 6.07) is 61.7. The van der Waals surface area contributed by atoms with Crippen molar-refractivity contribution in [2.75, 3.05) is 9.80 Å². The Morgan fingerprint density at radius 2 is 1.01 bits per heavy atom. The van der Waals surface area contributed by atoms with Crippen LogP contribution in [0.4, 0.5) is 34.1 Å². The normalized spacial score (nSPS) is 14.6. The van der Waals surface area contributed by atoms with Crippen molar-refractivity contribution in [1.29, 1.82) is 0 Å². The van der Waals surface area contributed by atoms with Gasteiger partial charge in [0.15, 0.2) is 0 Å². The van der Waals surface area contributed by atoms with Gasteiger partial charge in [-0.25, -0.2) is 0 Å². The van der Waals surface area contributed by atoms with Gasteiger partial charge in [0, 0.05) is 49.6 Å². The van der Waals surface area contributed by atoms with E-state index in [0.29, 0.717) is 0 Å². The van der Waals surface area contributed by atoms with Crippen LogP contribution in [0.25, 0.3) is 43.5 Å². The van der Waals surface area contributed by atoms with Crippen molar-refractivity contribution in [3.63, 3.8) is 0 Å². The monoisotopic (exact) mass is 926 g/mol. The fourth-order valence-corrected chi connectivity index (χ4v) is 12.7. The van der Waals surface area contributed by atoms with Crippen molar-refractivity contribution in [3.05, 3.63) is 196 Å². The molecule has 1 aromatic heterocycles. The number of fused-ring (bicyclic) bond motifs is 8. The molecule has 3 heterocycles. The smallest absolute Gasteiger partial charge is 0.252 e. The molecule has 0 saturated heterocycles. The Morgan fingerprint density at radius 3 is 1.66 bits per heavy atom. The molecule has 9 aromatic rings. The van der Waals surface area contributed by atoms with E-state index in [1.807, 2.05) is 11.3 Å². The van der Waals surface area contributed by atoms with Crippen molar-refractivity contribution in [3.8, 4) is 33.4 Å². The van der Waals surface area contributed by atoms with Crippen molar-refractivity contribution >= 4 is 78.6 Å². The molecule has 8 aromatic carbocycles. The van der Waals surface area contributed by atoms with Crippen molar-refractivity contribution < 1.29 is 0 Å². The molecular formula is C66H63BN2S. The third-order valence-electron chi connectivity index (χ3n) is 15.8. The largest absolute Gasteiger partial charge is 0.311 e. The summed E-state index contributed by atoms with van der Waals surface area (Å²) in [6.07, 6.45) is 0. The first-order chi connectivity index (χ1) is 33.3. The summed E-state index contributed by atoms with van der Waals surface area (Å²) >= 11 is 1.81. The fourth-order valence-electron chi connectivity index (χ4n) is 11.9.